The van der Waals surface area contributed by atoms with Gasteiger partial charge in [0.15, 0.2) is 0 Å². The Balaban J connectivity index is 0.000000346. The molecule has 0 amide bonds. The number of hydrogen-bond acceptors (Lipinski definition) is 5. The Hall–Kier alpha value is -2.80. The first-order valence-electron chi connectivity index (χ1n) is 6.35. The largest absolute Gasteiger partial charge is 0.496 e. The van der Waals surface area contributed by atoms with Gasteiger partial charge in [-0.15, -0.1) is 0 Å². The average Bonchev–Trinajstić information content (AvgIpc) is 3.01. The molecular formula is C15H17NO6. The van der Waals surface area contributed by atoms with E-state index in [0.717, 1.165) is 30.2 Å². The highest BCUT2D eigenvalue weighted by atomic mass is 16.5. The quantitative estimate of drug-likeness (QED) is 0.722. The van der Waals surface area contributed by atoms with Crippen molar-refractivity contribution in [3.8, 4) is 5.75 Å². The Bertz CT molecular complexity index is 582. The molecule has 1 heterocycles. The van der Waals surface area contributed by atoms with E-state index in [4.69, 9.17) is 29.0 Å². The molecule has 3 N–H and O–H groups in total. The van der Waals surface area contributed by atoms with E-state index in [2.05, 4.69) is 5.32 Å². The lowest BCUT2D eigenvalue weighted by Gasteiger charge is -2.08. The summed E-state index contributed by atoms with van der Waals surface area (Å²) in [5, 5.41) is 18.1. The number of para-hydroxylation sites is 1. The predicted octanol–water partition coefficient (Wildman–Crippen LogP) is 1.73. The number of rotatable bonds is 5. The summed E-state index contributed by atoms with van der Waals surface area (Å²) in [6.45, 7) is 1.50. The van der Waals surface area contributed by atoms with Crippen LogP contribution in [-0.2, 0) is 22.7 Å². The molecule has 0 aliphatic heterocycles. The third kappa shape index (κ3) is 6.10. The van der Waals surface area contributed by atoms with Crippen molar-refractivity contribution in [3.63, 3.8) is 0 Å². The van der Waals surface area contributed by atoms with Crippen LogP contribution in [0.25, 0.3) is 0 Å². The van der Waals surface area contributed by atoms with Crippen molar-refractivity contribution in [2.24, 2.45) is 0 Å². The van der Waals surface area contributed by atoms with Gasteiger partial charge in [-0.1, -0.05) is 18.2 Å². The molecular weight excluding hydrogens is 290 g/mol. The second-order valence-corrected chi connectivity index (χ2v) is 4.11. The average molecular weight is 307 g/mol. The molecule has 22 heavy (non-hydrogen) atoms. The van der Waals surface area contributed by atoms with Crippen LogP contribution in [0.5, 0.6) is 5.75 Å². The summed E-state index contributed by atoms with van der Waals surface area (Å²) in [6.07, 6.45) is 1.68. The number of ether oxygens (including phenoxy) is 1. The molecule has 0 atom stereocenters. The smallest absolute Gasteiger partial charge is 0.414 e. The number of benzene rings is 1. The molecule has 7 heteroatoms. The lowest BCUT2D eigenvalue weighted by molar-refractivity contribution is -0.159. The lowest BCUT2D eigenvalue weighted by Crippen LogP contribution is -2.12. The molecule has 0 saturated carbocycles. The third-order valence-corrected chi connectivity index (χ3v) is 2.57. The standard InChI is InChI=1S/C13H15NO2.C2H2O4/c1-15-13-7-3-2-5-11(13)9-14-10-12-6-4-8-16-12;3-1(4)2(5)6/h2-8,14H,9-10H2,1H3;(H,3,4)(H,5,6). The zero-order valence-corrected chi connectivity index (χ0v) is 12.0. The van der Waals surface area contributed by atoms with Crippen LogP contribution in [0.2, 0.25) is 0 Å². The maximum atomic E-state index is 9.10. The molecule has 0 bridgehead atoms. The molecule has 0 spiro atoms. The van der Waals surface area contributed by atoms with Crippen LogP contribution in [0.1, 0.15) is 11.3 Å². The fourth-order valence-electron chi connectivity index (χ4n) is 1.58. The summed E-state index contributed by atoms with van der Waals surface area (Å²) in [5.41, 5.74) is 1.15. The first kappa shape index (κ1) is 17.3. The maximum absolute atomic E-state index is 9.10. The van der Waals surface area contributed by atoms with Crippen LogP contribution in [0, 0.1) is 0 Å². The van der Waals surface area contributed by atoms with Gasteiger partial charge in [-0.05, 0) is 18.2 Å². The second kappa shape index (κ2) is 9.19. The molecule has 2 aromatic rings. The Morgan fingerprint density at radius 2 is 1.77 bits per heavy atom. The molecule has 7 nitrogen and oxygen atoms in total. The number of methoxy groups -OCH3 is 1. The summed E-state index contributed by atoms with van der Waals surface area (Å²) < 4.78 is 10.5. The highest BCUT2D eigenvalue weighted by Gasteiger charge is 2.04. The third-order valence-electron chi connectivity index (χ3n) is 2.57. The van der Waals surface area contributed by atoms with Gasteiger partial charge in [0.05, 0.1) is 19.9 Å². The molecule has 0 aliphatic carbocycles. The summed E-state index contributed by atoms with van der Waals surface area (Å²) >= 11 is 0. The Morgan fingerprint density at radius 3 is 2.32 bits per heavy atom. The molecule has 0 fully saturated rings. The van der Waals surface area contributed by atoms with Crippen LogP contribution in [-0.4, -0.2) is 29.3 Å². The van der Waals surface area contributed by atoms with E-state index in [-0.39, 0.29) is 0 Å². The van der Waals surface area contributed by atoms with Crippen molar-refractivity contribution in [2.75, 3.05) is 7.11 Å². The first-order chi connectivity index (χ1) is 10.5. The van der Waals surface area contributed by atoms with Gasteiger partial charge < -0.3 is 24.7 Å². The zero-order chi connectivity index (χ0) is 16.4. The molecule has 1 aromatic carbocycles. The first-order valence-corrected chi connectivity index (χ1v) is 6.35. The minimum atomic E-state index is -1.82. The zero-order valence-electron chi connectivity index (χ0n) is 12.0. The number of carbonyl (C=O) groups is 2. The maximum Gasteiger partial charge on any atom is 0.414 e. The fourth-order valence-corrected chi connectivity index (χ4v) is 1.58. The Labute approximate surface area is 127 Å². The van der Waals surface area contributed by atoms with Gasteiger partial charge in [0.2, 0.25) is 0 Å². The van der Waals surface area contributed by atoms with E-state index >= 15 is 0 Å². The molecule has 118 valence electrons. The van der Waals surface area contributed by atoms with E-state index in [9.17, 15) is 0 Å². The van der Waals surface area contributed by atoms with Crippen LogP contribution in [0.4, 0.5) is 0 Å². The number of furan rings is 1. The van der Waals surface area contributed by atoms with Crippen molar-refractivity contribution in [2.45, 2.75) is 13.1 Å². The Kier molecular flexibility index (Phi) is 7.21. The summed E-state index contributed by atoms with van der Waals surface area (Å²) in [6, 6.07) is 11.8. The SMILES string of the molecule is COc1ccccc1CNCc1ccco1.O=C(O)C(=O)O. The van der Waals surface area contributed by atoms with Crippen LogP contribution in [0.3, 0.4) is 0 Å². The van der Waals surface area contributed by atoms with E-state index in [1.807, 2.05) is 36.4 Å². The van der Waals surface area contributed by atoms with Crippen LogP contribution >= 0.6 is 0 Å². The molecule has 1 aromatic heterocycles. The van der Waals surface area contributed by atoms with Crippen molar-refractivity contribution in [1.82, 2.24) is 5.32 Å². The van der Waals surface area contributed by atoms with Gasteiger partial charge in [-0.25, -0.2) is 9.59 Å². The summed E-state index contributed by atoms with van der Waals surface area (Å²) in [7, 11) is 1.69. The number of carboxylic acids is 2. The lowest BCUT2D eigenvalue weighted by atomic mass is 10.2. The highest BCUT2D eigenvalue weighted by molar-refractivity contribution is 6.27. The minimum absolute atomic E-state index is 0.727. The second-order valence-electron chi connectivity index (χ2n) is 4.11. The van der Waals surface area contributed by atoms with Gasteiger partial charge in [0.1, 0.15) is 11.5 Å². The van der Waals surface area contributed by atoms with Crippen LogP contribution < -0.4 is 10.1 Å². The van der Waals surface area contributed by atoms with E-state index in [1.165, 1.54) is 0 Å². The number of aliphatic carboxylic acids is 2. The monoisotopic (exact) mass is 307 g/mol. The summed E-state index contributed by atoms with van der Waals surface area (Å²) in [5.74, 6) is -1.80. The Morgan fingerprint density at radius 1 is 1.09 bits per heavy atom. The number of nitrogens with one attached hydrogen (secondary N) is 1. The topological polar surface area (TPSA) is 109 Å². The van der Waals surface area contributed by atoms with Gasteiger partial charge in [-0.3, -0.25) is 0 Å². The van der Waals surface area contributed by atoms with Crippen molar-refractivity contribution >= 4 is 11.9 Å². The fraction of sp³-hybridized carbons (Fsp3) is 0.200. The number of carboxylic acid groups (broad SMARTS) is 2. The predicted molar refractivity (Wildman–Crippen MR) is 77.5 cm³/mol. The molecule has 0 aliphatic rings. The highest BCUT2D eigenvalue weighted by Crippen LogP contribution is 2.16. The molecule has 0 unspecified atom stereocenters. The van der Waals surface area contributed by atoms with Gasteiger partial charge in [0, 0.05) is 12.1 Å². The molecule has 0 radical (unpaired) electrons. The van der Waals surface area contributed by atoms with E-state index in [1.54, 1.807) is 13.4 Å². The van der Waals surface area contributed by atoms with Gasteiger partial charge in [0.25, 0.3) is 0 Å². The normalized spacial score (nSPS) is 9.50. The van der Waals surface area contributed by atoms with Crippen molar-refractivity contribution in [1.29, 1.82) is 0 Å². The number of hydrogen-bond donors (Lipinski definition) is 3. The van der Waals surface area contributed by atoms with Gasteiger partial charge >= 0.3 is 11.9 Å². The van der Waals surface area contributed by atoms with Crippen molar-refractivity contribution < 1.29 is 29.0 Å². The van der Waals surface area contributed by atoms with Crippen LogP contribution in [0.15, 0.2) is 47.1 Å². The molecule has 2 rings (SSSR count). The van der Waals surface area contributed by atoms with Gasteiger partial charge in [-0.2, -0.15) is 0 Å². The van der Waals surface area contributed by atoms with Crippen molar-refractivity contribution in [3.05, 3.63) is 54.0 Å². The van der Waals surface area contributed by atoms with E-state index in [0.29, 0.717) is 0 Å². The minimum Gasteiger partial charge on any atom is -0.496 e. The summed E-state index contributed by atoms with van der Waals surface area (Å²) in [4.78, 5) is 18.2. The molecule has 0 saturated heterocycles. The van der Waals surface area contributed by atoms with E-state index < -0.39 is 11.9 Å².